The maximum absolute atomic E-state index is 12.4. The Labute approximate surface area is 152 Å². The molecule has 0 aromatic heterocycles. The number of anilines is 1. The molecule has 0 aliphatic carbocycles. The number of ether oxygens (including phenoxy) is 1. The van der Waals surface area contributed by atoms with Crippen molar-refractivity contribution in [2.75, 3.05) is 25.0 Å². The lowest BCUT2D eigenvalue weighted by Crippen LogP contribution is -2.47. The molecular formula is C17H22Cl2N2O3. The van der Waals surface area contributed by atoms with Crippen LogP contribution in [-0.4, -0.2) is 42.5 Å². The number of rotatable bonds is 5. The zero-order valence-corrected chi connectivity index (χ0v) is 15.4. The van der Waals surface area contributed by atoms with E-state index in [1.54, 1.807) is 18.2 Å². The Bertz CT molecular complexity index is 581. The summed E-state index contributed by atoms with van der Waals surface area (Å²) in [6, 6.07) is 4.63. The van der Waals surface area contributed by atoms with Crippen LogP contribution in [0.1, 0.15) is 26.7 Å². The van der Waals surface area contributed by atoms with Crippen molar-refractivity contribution in [1.82, 2.24) is 4.90 Å². The lowest BCUT2D eigenvalue weighted by molar-refractivity contribution is -0.149. The number of nitrogens with zero attached hydrogens (tertiary/aromatic N) is 1. The number of esters is 1. The molecule has 1 aromatic carbocycles. The molecule has 0 saturated carbocycles. The number of amides is 1. The van der Waals surface area contributed by atoms with Crippen molar-refractivity contribution in [3.63, 3.8) is 0 Å². The summed E-state index contributed by atoms with van der Waals surface area (Å²) in [5, 5.41) is 3.78. The highest BCUT2D eigenvalue weighted by Gasteiger charge is 2.30. The summed E-state index contributed by atoms with van der Waals surface area (Å²) in [5.41, 5.74) is 0.575. The number of hydrogen-bond donors (Lipinski definition) is 1. The van der Waals surface area contributed by atoms with Gasteiger partial charge in [0, 0.05) is 15.7 Å². The molecule has 7 heteroatoms. The van der Waals surface area contributed by atoms with Gasteiger partial charge in [0.1, 0.15) is 0 Å². The number of nitrogens with one attached hydrogen (secondary N) is 1. The van der Waals surface area contributed by atoms with Crippen molar-refractivity contribution in [2.24, 2.45) is 5.92 Å². The number of piperidine rings is 1. The Kier molecular flexibility index (Phi) is 6.90. The molecule has 0 unspecified atom stereocenters. The second-order valence-corrected chi connectivity index (χ2v) is 6.76. The van der Waals surface area contributed by atoms with E-state index in [2.05, 4.69) is 10.2 Å². The minimum Gasteiger partial charge on any atom is -0.466 e. The van der Waals surface area contributed by atoms with Crippen LogP contribution < -0.4 is 5.32 Å². The van der Waals surface area contributed by atoms with Crippen molar-refractivity contribution >= 4 is 40.8 Å². The molecule has 24 heavy (non-hydrogen) atoms. The molecule has 1 aliphatic heterocycles. The van der Waals surface area contributed by atoms with Crippen LogP contribution in [0.25, 0.3) is 0 Å². The molecule has 1 atom stereocenters. The van der Waals surface area contributed by atoms with E-state index in [-0.39, 0.29) is 23.8 Å². The van der Waals surface area contributed by atoms with Gasteiger partial charge in [-0.2, -0.15) is 0 Å². The van der Waals surface area contributed by atoms with E-state index in [1.165, 1.54) is 0 Å². The van der Waals surface area contributed by atoms with Crippen LogP contribution in [0, 0.1) is 5.92 Å². The maximum atomic E-state index is 12.4. The molecule has 2 rings (SSSR count). The van der Waals surface area contributed by atoms with Crippen LogP contribution >= 0.6 is 23.2 Å². The summed E-state index contributed by atoms with van der Waals surface area (Å²) in [5.74, 6) is -0.325. The topological polar surface area (TPSA) is 58.6 Å². The van der Waals surface area contributed by atoms with Gasteiger partial charge >= 0.3 is 5.97 Å². The Morgan fingerprint density at radius 1 is 1.25 bits per heavy atom. The normalized spacial score (nSPS) is 17.3. The van der Waals surface area contributed by atoms with Crippen LogP contribution in [-0.2, 0) is 14.3 Å². The molecule has 1 aliphatic rings. The van der Waals surface area contributed by atoms with E-state index in [1.807, 2.05) is 13.8 Å². The molecule has 1 N–H and O–H groups in total. The van der Waals surface area contributed by atoms with E-state index in [9.17, 15) is 9.59 Å². The second-order valence-electron chi connectivity index (χ2n) is 5.89. The summed E-state index contributed by atoms with van der Waals surface area (Å²) in [7, 11) is 0. The molecule has 1 aromatic rings. The maximum Gasteiger partial charge on any atom is 0.309 e. The average Bonchev–Trinajstić information content (AvgIpc) is 2.53. The average molecular weight is 373 g/mol. The van der Waals surface area contributed by atoms with E-state index in [0.717, 1.165) is 0 Å². The second kappa shape index (κ2) is 8.70. The zero-order chi connectivity index (χ0) is 17.7. The molecule has 132 valence electrons. The molecule has 5 nitrogen and oxygen atoms in total. The summed E-state index contributed by atoms with van der Waals surface area (Å²) < 4.78 is 5.06. The summed E-state index contributed by atoms with van der Waals surface area (Å²) in [6.45, 7) is 5.44. The first-order chi connectivity index (χ1) is 11.4. The molecule has 0 bridgehead atoms. The first kappa shape index (κ1) is 19.0. The van der Waals surface area contributed by atoms with Crippen molar-refractivity contribution in [2.45, 2.75) is 32.7 Å². The van der Waals surface area contributed by atoms with E-state index < -0.39 is 0 Å². The standard InChI is InChI=1S/C17H22Cl2N2O3/c1-3-24-17(23)12-4-6-21(7-5-12)11(2)16(22)20-15-9-13(18)8-14(19)10-15/h8-12H,3-7H2,1-2H3,(H,20,22)/t11-/m0/s1. The number of hydrogen-bond acceptors (Lipinski definition) is 4. The van der Waals surface area contributed by atoms with Gasteiger partial charge < -0.3 is 10.1 Å². The highest BCUT2D eigenvalue weighted by atomic mass is 35.5. The Hall–Kier alpha value is -1.30. The largest absolute Gasteiger partial charge is 0.466 e. The van der Waals surface area contributed by atoms with Crippen LogP contribution in [0.5, 0.6) is 0 Å². The fraction of sp³-hybridized carbons (Fsp3) is 0.529. The first-order valence-electron chi connectivity index (χ1n) is 8.08. The monoisotopic (exact) mass is 372 g/mol. The van der Waals surface area contributed by atoms with Gasteiger partial charge in [0.15, 0.2) is 0 Å². The zero-order valence-electron chi connectivity index (χ0n) is 13.9. The molecule has 1 heterocycles. The molecule has 1 saturated heterocycles. The lowest BCUT2D eigenvalue weighted by atomic mass is 9.96. The van der Waals surface area contributed by atoms with Crippen molar-refractivity contribution in [1.29, 1.82) is 0 Å². The minimum absolute atomic E-state index is 0.0665. The van der Waals surface area contributed by atoms with Gasteiger partial charge in [0.05, 0.1) is 18.6 Å². The SMILES string of the molecule is CCOC(=O)C1CCN([C@@H](C)C(=O)Nc2cc(Cl)cc(Cl)c2)CC1. The van der Waals surface area contributed by atoms with Gasteiger partial charge in [-0.3, -0.25) is 14.5 Å². The highest BCUT2D eigenvalue weighted by Crippen LogP contribution is 2.24. The number of carbonyl (C=O) groups is 2. The van der Waals surface area contributed by atoms with Gasteiger partial charge in [-0.15, -0.1) is 0 Å². The number of likely N-dealkylation sites (tertiary alicyclic amines) is 1. The van der Waals surface area contributed by atoms with Crippen LogP contribution in [0.4, 0.5) is 5.69 Å². The van der Waals surface area contributed by atoms with Crippen LogP contribution in [0.2, 0.25) is 10.0 Å². The van der Waals surface area contributed by atoms with Gasteiger partial charge in [-0.05, 0) is 58.0 Å². The number of halogens is 2. The summed E-state index contributed by atoms with van der Waals surface area (Å²) >= 11 is 11.9. The predicted octanol–water partition coefficient (Wildman–Crippen LogP) is 3.60. The lowest BCUT2D eigenvalue weighted by Gasteiger charge is -2.34. The first-order valence-corrected chi connectivity index (χ1v) is 8.84. The van der Waals surface area contributed by atoms with Crippen molar-refractivity contribution < 1.29 is 14.3 Å². The smallest absolute Gasteiger partial charge is 0.309 e. The van der Waals surface area contributed by atoms with E-state index in [0.29, 0.717) is 48.3 Å². The Morgan fingerprint density at radius 2 is 1.83 bits per heavy atom. The van der Waals surface area contributed by atoms with Gasteiger partial charge in [-0.25, -0.2) is 0 Å². The molecule has 1 fully saturated rings. The fourth-order valence-corrected chi connectivity index (χ4v) is 3.35. The van der Waals surface area contributed by atoms with Gasteiger partial charge in [0.25, 0.3) is 0 Å². The van der Waals surface area contributed by atoms with Crippen LogP contribution in [0.3, 0.4) is 0 Å². The third kappa shape index (κ3) is 5.10. The van der Waals surface area contributed by atoms with Gasteiger partial charge in [0.2, 0.25) is 5.91 Å². The van der Waals surface area contributed by atoms with Crippen molar-refractivity contribution in [3.05, 3.63) is 28.2 Å². The third-order valence-electron chi connectivity index (χ3n) is 4.21. The summed E-state index contributed by atoms with van der Waals surface area (Å²) in [4.78, 5) is 26.3. The molecular weight excluding hydrogens is 351 g/mol. The van der Waals surface area contributed by atoms with Crippen LogP contribution in [0.15, 0.2) is 18.2 Å². The molecule has 1 amide bonds. The number of benzene rings is 1. The molecule has 0 radical (unpaired) electrons. The quantitative estimate of drug-likeness (QED) is 0.802. The predicted molar refractivity (Wildman–Crippen MR) is 95.5 cm³/mol. The van der Waals surface area contributed by atoms with E-state index >= 15 is 0 Å². The third-order valence-corrected chi connectivity index (χ3v) is 4.64. The van der Waals surface area contributed by atoms with Crippen molar-refractivity contribution in [3.8, 4) is 0 Å². The highest BCUT2D eigenvalue weighted by molar-refractivity contribution is 6.35. The van der Waals surface area contributed by atoms with Gasteiger partial charge in [-0.1, -0.05) is 23.2 Å². The number of carbonyl (C=O) groups excluding carboxylic acids is 2. The van der Waals surface area contributed by atoms with E-state index in [4.69, 9.17) is 27.9 Å². The molecule has 0 spiro atoms. The Balaban J connectivity index is 1.89. The fourth-order valence-electron chi connectivity index (χ4n) is 2.82. The minimum atomic E-state index is -0.300. The Morgan fingerprint density at radius 3 is 2.38 bits per heavy atom. The summed E-state index contributed by atoms with van der Waals surface area (Å²) in [6.07, 6.45) is 1.42.